The summed E-state index contributed by atoms with van der Waals surface area (Å²) in [6, 6.07) is 0. The van der Waals surface area contributed by atoms with Crippen molar-refractivity contribution in [3.63, 3.8) is 0 Å². The molecule has 2 rings (SSSR count). The van der Waals surface area contributed by atoms with E-state index in [4.69, 9.17) is 10.7 Å². The molecule has 1 heterocycles. The van der Waals surface area contributed by atoms with Gasteiger partial charge in [0.2, 0.25) is 9.05 Å². The highest BCUT2D eigenvalue weighted by atomic mass is 35.7. The van der Waals surface area contributed by atoms with Gasteiger partial charge in [-0.2, -0.15) is 0 Å². The van der Waals surface area contributed by atoms with E-state index in [2.05, 4.69) is 4.98 Å². The van der Waals surface area contributed by atoms with Crippen molar-refractivity contribution >= 4 is 19.7 Å². The SMILES string of the molecule is Cn1ccnc1CC1(S(=O)(=O)Cl)CC1. The molecule has 1 aromatic heterocycles. The number of halogens is 1. The maximum atomic E-state index is 11.3. The van der Waals surface area contributed by atoms with Crippen LogP contribution in [0.25, 0.3) is 0 Å². The van der Waals surface area contributed by atoms with Crippen molar-refractivity contribution in [1.82, 2.24) is 9.55 Å². The second kappa shape index (κ2) is 2.97. The molecule has 1 aromatic rings. The fourth-order valence-electron chi connectivity index (χ4n) is 1.50. The van der Waals surface area contributed by atoms with E-state index in [1.165, 1.54) is 0 Å². The number of aromatic nitrogens is 2. The van der Waals surface area contributed by atoms with Crippen molar-refractivity contribution in [3.05, 3.63) is 18.2 Å². The summed E-state index contributed by atoms with van der Waals surface area (Å²) in [4.78, 5) is 4.09. The van der Waals surface area contributed by atoms with Crippen LogP contribution in [0.5, 0.6) is 0 Å². The number of hydrogen-bond acceptors (Lipinski definition) is 3. The van der Waals surface area contributed by atoms with Crippen LogP contribution < -0.4 is 0 Å². The van der Waals surface area contributed by atoms with Crippen molar-refractivity contribution < 1.29 is 8.42 Å². The third-order valence-corrected chi connectivity index (χ3v) is 5.30. The number of aryl methyl sites for hydroxylation is 1. The largest absolute Gasteiger partial charge is 0.338 e. The molecule has 0 bridgehead atoms. The van der Waals surface area contributed by atoms with Crippen molar-refractivity contribution in [2.24, 2.45) is 7.05 Å². The smallest absolute Gasteiger partial charge is 0.238 e. The standard InChI is InChI=1S/C8H11ClN2O2S/c1-11-5-4-10-7(11)6-8(2-3-8)14(9,12)13/h4-5H,2-3,6H2,1H3. The summed E-state index contributed by atoms with van der Waals surface area (Å²) in [5.74, 6) is 0.770. The first-order valence-electron chi connectivity index (χ1n) is 4.35. The fourth-order valence-corrected chi connectivity index (χ4v) is 3.02. The van der Waals surface area contributed by atoms with Gasteiger partial charge in [0.1, 0.15) is 5.82 Å². The monoisotopic (exact) mass is 234 g/mol. The van der Waals surface area contributed by atoms with E-state index in [9.17, 15) is 8.42 Å². The van der Waals surface area contributed by atoms with Crippen LogP contribution >= 0.6 is 10.7 Å². The first-order chi connectivity index (χ1) is 6.45. The van der Waals surface area contributed by atoms with Crippen LogP contribution in [0.3, 0.4) is 0 Å². The maximum Gasteiger partial charge on any atom is 0.238 e. The molecule has 1 aliphatic carbocycles. The van der Waals surface area contributed by atoms with E-state index in [0.717, 1.165) is 5.82 Å². The first-order valence-corrected chi connectivity index (χ1v) is 6.66. The second-order valence-electron chi connectivity index (χ2n) is 3.75. The van der Waals surface area contributed by atoms with E-state index in [1.54, 1.807) is 12.4 Å². The lowest BCUT2D eigenvalue weighted by Gasteiger charge is -2.10. The van der Waals surface area contributed by atoms with Crippen molar-refractivity contribution in [2.75, 3.05) is 0 Å². The summed E-state index contributed by atoms with van der Waals surface area (Å²) in [5.41, 5.74) is 0. The van der Waals surface area contributed by atoms with Crippen LogP contribution in [-0.4, -0.2) is 22.7 Å². The summed E-state index contributed by atoms with van der Waals surface area (Å²) < 4.78 is 23.6. The van der Waals surface area contributed by atoms with Gasteiger partial charge in [0.15, 0.2) is 0 Å². The molecule has 4 nitrogen and oxygen atoms in total. The van der Waals surface area contributed by atoms with Gasteiger partial charge < -0.3 is 4.57 Å². The zero-order valence-corrected chi connectivity index (χ0v) is 9.35. The third kappa shape index (κ3) is 1.54. The molecule has 1 saturated carbocycles. The summed E-state index contributed by atoms with van der Waals surface area (Å²) in [7, 11) is 3.77. The molecule has 6 heteroatoms. The van der Waals surface area contributed by atoms with Gasteiger partial charge >= 0.3 is 0 Å². The Balaban J connectivity index is 2.25. The molecule has 0 amide bonds. The van der Waals surface area contributed by atoms with Crippen LogP contribution in [0.2, 0.25) is 0 Å². The van der Waals surface area contributed by atoms with Gasteiger partial charge in [0.25, 0.3) is 0 Å². The van der Waals surface area contributed by atoms with E-state index < -0.39 is 13.8 Å². The molecule has 78 valence electrons. The van der Waals surface area contributed by atoms with Gasteiger partial charge in [0, 0.05) is 36.5 Å². The Morgan fingerprint density at radius 2 is 2.29 bits per heavy atom. The Hall–Kier alpha value is -0.550. The van der Waals surface area contributed by atoms with Gasteiger partial charge in [-0.15, -0.1) is 0 Å². The van der Waals surface area contributed by atoms with E-state index in [1.807, 2.05) is 11.6 Å². The third-order valence-electron chi connectivity index (χ3n) is 2.73. The lowest BCUT2D eigenvalue weighted by atomic mass is 10.3. The van der Waals surface area contributed by atoms with Gasteiger partial charge in [-0.25, -0.2) is 13.4 Å². The molecule has 1 aliphatic rings. The Bertz CT molecular complexity index is 448. The summed E-state index contributed by atoms with van der Waals surface area (Å²) >= 11 is 0. The van der Waals surface area contributed by atoms with Crippen molar-refractivity contribution in [2.45, 2.75) is 24.0 Å². The highest BCUT2D eigenvalue weighted by molar-refractivity contribution is 8.15. The van der Waals surface area contributed by atoms with Crippen LogP contribution in [-0.2, 0) is 22.5 Å². The fraction of sp³-hybridized carbons (Fsp3) is 0.625. The lowest BCUT2D eigenvalue weighted by molar-refractivity contribution is 0.585. The summed E-state index contributed by atoms with van der Waals surface area (Å²) in [6.45, 7) is 0. The average molecular weight is 235 g/mol. The molecule has 0 atom stereocenters. The van der Waals surface area contributed by atoms with Crippen molar-refractivity contribution in [1.29, 1.82) is 0 Å². The minimum atomic E-state index is -3.47. The topological polar surface area (TPSA) is 52.0 Å². The molecule has 0 N–H and O–H groups in total. The van der Waals surface area contributed by atoms with Gasteiger partial charge in [-0.05, 0) is 12.8 Å². The highest BCUT2D eigenvalue weighted by Crippen LogP contribution is 2.47. The Labute approximate surface area is 87.3 Å². The maximum absolute atomic E-state index is 11.3. The normalized spacial score (nSPS) is 19.6. The van der Waals surface area contributed by atoms with Gasteiger partial charge in [-0.1, -0.05) is 0 Å². The molecule has 14 heavy (non-hydrogen) atoms. The Morgan fingerprint density at radius 1 is 1.64 bits per heavy atom. The molecule has 0 unspecified atom stereocenters. The van der Waals surface area contributed by atoms with Crippen LogP contribution in [0.15, 0.2) is 12.4 Å². The Kier molecular flexibility index (Phi) is 2.12. The quantitative estimate of drug-likeness (QED) is 0.735. The second-order valence-corrected chi connectivity index (χ2v) is 6.71. The molecule has 0 radical (unpaired) electrons. The minimum Gasteiger partial charge on any atom is -0.338 e. The predicted molar refractivity (Wildman–Crippen MR) is 53.6 cm³/mol. The van der Waals surface area contributed by atoms with E-state index in [-0.39, 0.29) is 0 Å². The number of rotatable bonds is 3. The summed E-state index contributed by atoms with van der Waals surface area (Å²) in [6.07, 6.45) is 5.16. The average Bonchev–Trinajstić information content (AvgIpc) is 2.73. The first kappa shape index (κ1) is 9.98. The minimum absolute atomic E-state index is 0.419. The lowest BCUT2D eigenvalue weighted by Crippen LogP contribution is -2.22. The van der Waals surface area contributed by atoms with Crippen molar-refractivity contribution in [3.8, 4) is 0 Å². The van der Waals surface area contributed by atoms with E-state index >= 15 is 0 Å². The Morgan fingerprint density at radius 3 is 2.64 bits per heavy atom. The van der Waals surface area contributed by atoms with Gasteiger partial charge in [-0.3, -0.25) is 0 Å². The number of nitrogens with zero attached hydrogens (tertiary/aromatic N) is 2. The molecule has 0 spiro atoms. The van der Waals surface area contributed by atoms with Crippen LogP contribution in [0.4, 0.5) is 0 Å². The van der Waals surface area contributed by atoms with Gasteiger partial charge in [0.05, 0.1) is 4.75 Å². The molecular formula is C8H11ClN2O2S. The van der Waals surface area contributed by atoms with E-state index in [0.29, 0.717) is 19.3 Å². The zero-order valence-electron chi connectivity index (χ0n) is 7.77. The highest BCUT2D eigenvalue weighted by Gasteiger charge is 2.54. The molecule has 1 fully saturated rings. The molecule has 0 aromatic carbocycles. The van der Waals surface area contributed by atoms with Crippen LogP contribution in [0, 0.1) is 0 Å². The number of imidazole rings is 1. The molecule has 0 aliphatic heterocycles. The zero-order chi connectivity index (χ0) is 10.4. The van der Waals surface area contributed by atoms with Crippen LogP contribution in [0.1, 0.15) is 18.7 Å². The predicted octanol–water partition coefficient (Wildman–Crippen LogP) is 1.06. The molecule has 0 saturated heterocycles. The summed E-state index contributed by atoms with van der Waals surface area (Å²) in [5, 5.41) is 0. The number of hydrogen-bond donors (Lipinski definition) is 0. The molecular weight excluding hydrogens is 224 g/mol.